The van der Waals surface area contributed by atoms with Crippen LogP contribution in [-0.2, 0) is 24.5 Å². The zero-order valence-corrected chi connectivity index (χ0v) is 16.1. The Morgan fingerprint density at radius 1 is 1.29 bits per heavy atom. The fraction of sp³-hybridized carbons (Fsp3) is 0.364. The van der Waals surface area contributed by atoms with Crippen molar-refractivity contribution in [1.29, 1.82) is 0 Å². The van der Waals surface area contributed by atoms with E-state index in [1.54, 1.807) is 11.0 Å². The molecule has 2 atom stereocenters. The molecule has 0 N–H and O–H groups in total. The Labute approximate surface area is 164 Å². The van der Waals surface area contributed by atoms with Crippen LogP contribution >= 0.6 is 0 Å². The topological polar surface area (TPSA) is 47.4 Å². The summed E-state index contributed by atoms with van der Waals surface area (Å²) >= 11 is 0. The highest BCUT2D eigenvalue weighted by atomic mass is 19.1. The molecule has 2 heterocycles. The van der Waals surface area contributed by atoms with Gasteiger partial charge in [-0.2, -0.15) is 5.10 Å². The summed E-state index contributed by atoms with van der Waals surface area (Å²) in [6, 6.07) is 9.62. The van der Waals surface area contributed by atoms with Crippen LogP contribution in [0.25, 0.3) is 0 Å². The van der Waals surface area contributed by atoms with Crippen molar-refractivity contribution in [1.82, 2.24) is 14.7 Å². The fourth-order valence-corrected chi connectivity index (χ4v) is 3.82. The zero-order valence-electron chi connectivity index (χ0n) is 16.1. The number of halogens is 1. The van der Waals surface area contributed by atoms with E-state index >= 15 is 0 Å². The van der Waals surface area contributed by atoms with Gasteiger partial charge in [0.2, 0.25) is 5.91 Å². The van der Waals surface area contributed by atoms with Crippen molar-refractivity contribution < 1.29 is 13.9 Å². The predicted octanol–water partition coefficient (Wildman–Crippen LogP) is 3.79. The molecule has 0 bridgehead atoms. The van der Waals surface area contributed by atoms with Gasteiger partial charge in [0.05, 0.1) is 24.7 Å². The highest BCUT2D eigenvalue weighted by Gasteiger charge is 2.35. The van der Waals surface area contributed by atoms with Crippen LogP contribution in [0.1, 0.15) is 23.9 Å². The van der Waals surface area contributed by atoms with Crippen molar-refractivity contribution in [3.8, 4) is 5.75 Å². The van der Waals surface area contributed by atoms with Crippen LogP contribution in [0.2, 0.25) is 0 Å². The SMILES string of the molecule is Cc1c(COc2ccccc2)nn2c1CN(C(=O)C1C(F)=CC=CC1C)CC2. The van der Waals surface area contributed by atoms with Gasteiger partial charge in [-0.05, 0) is 36.6 Å². The zero-order chi connectivity index (χ0) is 19.7. The molecule has 2 unspecified atom stereocenters. The number of benzene rings is 1. The first-order valence-corrected chi connectivity index (χ1v) is 9.60. The van der Waals surface area contributed by atoms with Crippen LogP contribution in [0, 0.1) is 18.8 Å². The number of hydrogen-bond donors (Lipinski definition) is 0. The van der Waals surface area contributed by atoms with E-state index in [1.807, 2.05) is 54.9 Å². The molecule has 0 saturated carbocycles. The van der Waals surface area contributed by atoms with Gasteiger partial charge in [-0.1, -0.05) is 37.3 Å². The van der Waals surface area contributed by atoms with E-state index < -0.39 is 5.92 Å². The number of amides is 1. The van der Waals surface area contributed by atoms with Gasteiger partial charge in [-0.25, -0.2) is 4.39 Å². The van der Waals surface area contributed by atoms with Gasteiger partial charge in [-0.15, -0.1) is 0 Å². The summed E-state index contributed by atoms with van der Waals surface area (Å²) in [6.45, 7) is 5.85. The van der Waals surface area contributed by atoms with Gasteiger partial charge in [0.1, 0.15) is 23.9 Å². The van der Waals surface area contributed by atoms with Crippen molar-refractivity contribution in [2.24, 2.45) is 11.8 Å². The number of rotatable bonds is 4. The Kier molecular flexibility index (Phi) is 5.03. The fourth-order valence-electron chi connectivity index (χ4n) is 3.82. The van der Waals surface area contributed by atoms with Crippen molar-refractivity contribution in [2.75, 3.05) is 6.54 Å². The van der Waals surface area contributed by atoms with Gasteiger partial charge >= 0.3 is 0 Å². The number of allylic oxidation sites excluding steroid dienone is 3. The summed E-state index contributed by atoms with van der Waals surface area (Å²) < 4.78 is 22.0. The smallest absolute Gasteiger partial charge is 0.233 e. The lowest BCUT2D eigenvalue weighted by molar-refractivity contribution is -0.137. The molecule has 146 valence electrons. The Bertz CT molecular complexity index is 933. The lowest BCUT2D eigenvalue weighted by Crippen LogP contribution is -2.43. The van der Waals surface area contributed by atoms with Gasteiger partial charge in [0.25, 0.3) is 0 Å². The van der Waals surface area contributed by atoms with E-state index in [9.17, 15) is 9.18 Å². The highest BCUT2D eigenvalue weighted by Crippen LogP contribution is 2.31. The maximum atomic E-state index is 14.3. The van der Waals surface area contributed by atoms with Crippen LogP contribution < -0.4 is 4.74 Å². The van der Waals surface area contributed by atoms with Gasteiger partial charge in [-0.3, -0.25) is 9.48 Å². The third-order valence-electron chi connectivity index (χ3n) is 5.53. The maximum absolute atomic E-state index is 14.3. The average molecular weight is 381 g/mol. The summed E-state index contributed by atoms with van der Waals surface area (Å²) in [5, 5.41) is 4.66. The monoisotopic (exact) mass is 381 g/mol. The molecule has 0 spiro atoms. The van der Waals surface area contributed by atoms with E-state index in [0.29, 0.717) is 26.2 Å². The normalized spacial score (nSPS) is 21.2. The maximum Gasteiger partial charge on any atom is 0.233 e. The molecule has 2 aromatic rings. The molecule has 1 aromatic carbocycles. The summed E-state index contributed by atoms with van der Waals surface area (Å²) in [7, 11) is 0. The standard InChI is InChI=1S/C22H24FN3O2/c1-15-7-6-10-18(23)21(15)22(27)25-11-12-26-20(13-25)16(2)19(24-26)14-28-17-8-4-3-5-9-17/h3-10,15,21H,11-14H2,1-2H3. The van der Waals surface area contributed by atoms with Crippen LogP contribution in [-0.4, -0.2) is 27.1 Å². The van der Waals surface area contributed by atoms with Crippen molar-refractivity contribution in [3.05, 3.63) is 71.3 Å². The molecular weight excluding hydrogens is 357 g/mol. The van der Waals surface area contributed by atoms with Crippen LogP contribution in [0.5, 0.6) is 5.75 Å². The number of fused-ring (bicyclic) bond motifs is 1. The van der Waals surface area contributed by atoms with E-state index in [4.69, 9.17) is 4.74 Å². The molecule has 0 radical (unpaired) electrons. The van der Waals surface area contributed by atoms with E-state index in [-0.39, 0.29) is 17.7 Å². The quantitative estimate of drug-likeness (QED) is 0.810. The number of hydrogen-bond acceptors (Lipinski definition) is 3. The summed E-state index contributed by atoms with van der Waals surface area (Å²) in [4.78, 5) is 14.7. The van der Waals surface area contributed by atoms with Crippen molar-refractivity contribution in [3.63, 3.8) is 0 Å². The Balaban J connectivity index is 1.48. The number of aromatic nitrogens is 2. The largest absolute Gasteiger partial charge is 0.487 e. The van der Waals surface area contributed by atoms with E-state index in [2.05, 4.69) is 5.10 Å². The summed E-state index contributed by atoms with van der Waals surface area (Å²) in [6.07, 6.45) is 4.95. The minimum atomic E-state index is -0.722. The molecule has 0 saturated heterocycles. The first-order chi connectivity index (χ1) is 13.5. The second-order valence-corrected chi connectivity index (χ2v) is 7.38. The third-order valence-corrected chi connectivity index (χ3v) is 5.53. The van der Waals surface area contributed by atoms with Crippen molar-refractivity contribution >= 4 is 5.91 Å². The molecule has 0 fully saturated rings. The lowest BCUT2D eigenvalue weighted by Gasteiger charge is -2.33. The summed E-state index contributed by atoms with van der Waals surface area (Å²) in [5.41, 5.74) is 2.89. The molecule has 1 aromatic heterocycles. The Hall–Kier alpha value is -2.89. The number of ether oxygens (including phenoxy) is 1. The van der Waals surface area contributed by atoms with Crippen LogP contribution in [0.4, 0.5) is 4.39 Å². The van der Waals surface area contributed by atoms with Gasteiger partial charge in [0.15, 0.2) is 0 Å². The minimum absolute atomic E-state index is 0.139. The predicted molar refractivity (Wildman–Crippen MR) is 104 cm³/mol. The van der Waals surface area contributed by atoms with Crippen molar-refractivity contribution in [2.45, 2.75) is 33.5 Å². The third kappa shape index (κ3) is 3.46. The molecule has 1 amide bonds. The van der Waals surface area contributed by atoms with E-state index in [1.165, 1.54) is 6.08 Å². The molecular formula is C22H24FN3O2. The number of nitrogens with zero attached hydrogens (tertiary/aromatic N) is 3. The van der Waals surface area contributed by atoms with Gasteiger partial charge < -0.3 is 9.64 Å². The number of carbonyl (C=O) groups is 1. The number of para-hydroxylation sites is 1. The molecule has 5 nitrogen and oxygen atoms in total. The highest BCUT2D eigenvalue weighted by molar-refractivity contribution is 5.82. The van der Waals surface area contributed by atoms with E-state index in [0.717, 1.165) is 22.7 Å². The molecule has 2 aliphatic rings. The first-order valence-electron chi connectivity index (χ1n) is 9.60. The summed E-state index contributed by atoms with van der Waals surface area (Å²) in [5.74, 6) is -0.570. The molecule has 6 heteroatoms. The lowest BCUT2D eigenvalue weighted by atomic mass is 9.87. The Morgan fingerprint density at radius 3 is 2.82 bits per heavy atom. The minimum Gasteiger partial charge on any atom is -0.487 e. The second-order valence-electron chi connectivity index (χ2n) is 7.38. The molecule has 28 heavy (non-hydrogen) atoms. The number of carbonyl (C=O) groups excluding carboxylic acids is 1. The molecule has 4 rings (SSSR count). The second kappa shape index (κ2) is 7.62. The molecule has 1 aliphatic carbocycles. The first kappa shape index (κ1) is 18.5. The average Bonchev–Trinajstić information content (AvgIpc) is 3.02. The van der Waals surface area contributed by atoms with Crippen LogP contribution in [0.3, 0.4) is 0 Å². The Morgan fingerprint density at radius 2 is 2.07 bits per heavy atom. The molecule has 1 aliphatic heterocycles. The van der Waals surface area contributed by atoms with Crippen LogP contribution in [0.15, 0.2) is 54.4 Å². The van der Waals surface area contributed by atoms with Gasteiger partial charge in [0, 0.05) is 6.54 Å².